The first-order chi connectivity index (χ1) is 14.5. The summed E-state index contributed by atoms with van der Waals surface area (Å²) in [4.78, 5) is 18.5. The van der Waals surface area contributed by atoms with Gasteiger partial charge in [-0.1, -0.05) is 70.7 Å². The van der Waals surface area contributed by atoms with Crippen molar-refractivity contribution in [3.05, 3.63) is 63.6 Å². The Hall–Kier alpha value is -1.91. The summed E-state index contributed by atoms with van der Waals surface area (Å²) in [5, 5.41) is 4.64. The summed E-state index contributed by atoms with van der Waals surface area (Å²) >= 11 is 10.4. The van der Waals surface area contributed by atoms with Gasteiger partial charge in [0.25, 0.3) is 5.91 Å². The molecule has 3 fully saturated rings. The van der Waals surface area contributed by atoms with Crippen LogP contribution in [0.4, 0.5) is 0 Å². The Kier molecular flexibility index (Phi) is 5.32. The van der Waals surface area contributed by atoms with Crippen LogP contribution >= 0.6 is 27.5 Å². The Labute approximate surface area is 190 Å². The normalized spacial score (nSPS) is 23.3. The number of nitrogens with zero attached hydrogens (tertiary/aromatic N) is 1. The maximum atomic E-state index is 13.7. The van der Waals surface area contributed by atoms with Crippen LogP contribution in [0, 0.1) is 5.92 Å². The summed E-state index contributed by atoms with van der Waals surface area (Å²) in [6.45, 7) is 0. The largest absolute Gasteiger partial charge is 0.347 e. The summed E-state index contributed by atoms with van der Waals surface area (Å²) < 4.78 is 0.905. The van der Waals surface area contributed by atoms with Crippen molar-refractivity contribution in [2.75, 3.05) is 0 Å². The van der Waals surface area contributed by atoms with Gasteiger partial charge in [-0.15, -0.1) is 0 Å². The van der Waals surface area contributed by atoms with Crippen molar-refractivity contribution in [1.29, 1.82) is 0 Å². The quantitative estimate of drug-likeness (QED) is 0.429. The SMILES string of the molecule is O=C(NC12CCCC(CC1)CC2)c1c(Cl)c(-c2ccccc2)nc2ccc(Br)cc12. The van der Waals surface area contributed by atoms with E-state index in [2.05, 4.69) is 21.2 Å². The molecule has 0 unspecified atom stereocenters. The lowest BCUT2D eigenvalue weighted by Gasteiger charge is -2.38. The maximum absolute atomic E-state index is 13.7. The van der Waals surface area contributed by atoms with E-state index in [0.29, 0.717) is 16.3 Å². The second-order valence-electron chi connectivity index (χ2n) is 8.75. The number of carbonyl (C=O) groups is 1. The van der Waals surface area contributed by atoms with Gasteiger partial charge in [0.05, 0.1) is 21.8 Å². The molecule has 1 heterocycles. The molecule has 1 aromatic heterocycles. The molecular formula is C25H24BrClN2O. The zero-order valence-corrected chi connectivity index (χ0v) is 19.1. The molecule has 0 spiro atoms. The van der Waals surface area contributed by atoms with Gasteiger partial charge in [-0.25, -0.2) is 4.98 Å². The third-order valence-electron chi connectivity index (χ3n) is 6.87. The highest BCUT2D eigenvalue weighted by molar-refractivity contribution is 9.10. The van der Waals surface area contributed by atoms with Crippen molar-refractivity contribution in [2.45, 2.75) is 50.5 Å². The molecule has 3 aliphatic rings. The highest BCUT2D eigenvalue weighted by atomic mass is 79.9. The Morgan fingerprint density at radius 3 is 2.60 bits per heavy atom. The van der Waals surface area contributed by atoms with Crippen LogP contribution in [0.3, 0.4) is 0 Å². The van der Waals surface area contributed by atoms with Crippen LogP contribution in [0.5, 0.6) is 0 Å². The van der Waals surface area contributed by atoms with Crippen molar-refractivity contribution >= 4 is 44.3 Å². The minimum absolute atomic E-state index is 0.0805. The van der Waals surface area contributed by atoms with E-state index in [0.717, 1.165) is 46.1 Å². The summed E-state index contributed by atoms with van der Waals surface area (Å²) in [6.07, 6.45) is 8.11. The first-order valence-electron chi connectivity index (χ1n) is 10.7. The zero-order valence-electron chi connectivity index (χ0n) is 16.8. The van der Waals surface area contributed by atoms with Crippen LogP contribution in [-0.4, -0.2) is 16.4 Å². The van der Waals surface area contributed by atoms with E-state index in [1.165, 1.54) is 25.7 Å². The molecule has 5 heteroatoms. The predicted molar refractivity (Wildman–Crippen MR) is 126 cm³/mol. The number of nitrogens with one attached hydrogen (secondary N) is 1. The number of hydrogen-bond acceptors (Lipinski definition) is 2. The number of hydrogen-bond donors (Lipinski definition) is 1. The number of carbonyl (C=O) groups excluding carboxylic acids is 1. The van der Waals surface area contributed by atoms with Crippen LogP contribution in [0.1, 0.15) is 55.3 Å². The van der Waals surface area contributed by atoms with Crippen molar-refractivity contribution in [1.82, 2.24) is 10.3 Å². The van der Waals surface area contributed by atoms with Gasteiger partial charge >= 0.3 is 0 Å². The first-order valence-corrected chi connectivity index (χ1v) is 11.9. The fourth-order valence-corrected chi connectivity index (χ4v) is 5.91. The Morgan fingerprint density at radius 2 is 1.83 bits per heavy atom. The Balaban J connectivity index is 1.62. The fourth-order valence-electron chi connectivity index (χ4n) is 5.21. The van der Waals surface area contributed by atoms with E-state index in [-0.39, 0.29) is 11.4 Å². The van der Waals surface area contributed by atoms with E-state index in [1.807, 2.05) is 48.5 Å². The molecule has 154 valence electrons. The monoisotopic (exact) mass is 482 g/mol. The van der Waals surface area contributed by atoms with E-state index < -0.39 is 0 Å². The topological polar surface area (TPSA) is 42.0 Å². The van der Waals surface area contributed by atoms with Gasteiger partial charge in [-0.3, -0.25) is 4.79 Å². The van der Waals surface area contributed by atoms with Crippen LogP contribution in [0.25, 0.3) is 22.2 Å². The van der Waals surface area contributed by atoms with E-state index >= 15 is 0 Å². The lowest BCUT2D eigenvalue weighted by molar-refractivity contribution is 0.0862. The highest BCUT2D eigenvalue weighted by Gasteiger charge is 2.39. The number of halogens is 2. The Bertz CT molecular complexity index is 1100. The summed E-state index contributed by atoms with van der Waals surface area (Å²) in [7, 11) is 0. The van der Waals surface area contributed by atoms with E-state index in [1.54, 1.807) is 0 Å². The second-order valence-corrected chi connectivity index (χ2v) is 10.0. The van der Waals surface area contributed by atoms with E-state index in [9.17, 15) is 4.79 Å². The van der Waals surface area contributed by atoms with Gasteiger partial charge in [-0.2, -0.15) is 0 Å². The van der Waals surface area contributed by atoms with Gasteiger partial charge in [0.2, 0.25) is 0 Å². The molecule has 1 amide bonds. The minimum atomic E-state index is -0.0953. The molecule has 3 nitrogen and oxygen atoms in total. The molecule has 1 N–H and O–H groups in total. The molecule has 0 atom stereocenters. The predicted octanol–water partition coefficient (Wildman–Crippen LogP) is 7.16. The van der Waals surface area contributed by atoms with E-state index in [4.69, 9.17) is 16.6 Å². The molecule has 0 saturated heterocycles. The maximum Gasteiger partial charge on any atom is 0.253 e. The van der Waals surface area contributed by atoms with Gasteiger partial charge in [0, 0.05) is 21.0 Å². The van der Waals surface area contributed by atoms with Crippen molar-refractivity contribution in [3.63, 3.8) is 0 Å². The molecule has 2 bridgehead atoms. The van der Waals surface area contributed by atoms with Crippen LogP contribution in [-0.2, 0) is 0 Å². The molecule has 3 saturated carbocycles. The average Bonchev–Trinajstić information content (AvgIpc) is 3.07. The highest BCUT2D eigenvalue weighted by Crippen LogP contribution is 2.43. The van der Waals surface area contributed by atoms with Crippen LogP contribution in [0.2, 0.25) is 5.02 Å². The summed E-state index contributed by atoms with van der Waals surface area (Å²) in [6, 6.07) is 15.7. The number of fused-ring (bicyclic) bond motifs is 5. The lowest BCUT2D eigenvalue weighted by atomic mass is 9.78. The third-order valence-corrected chi connectivity index (χ3v) is 7.73. The van der Waals surface area contributed by atoms with Gasteiger partial charge in [0.15, 0.2) is 0 Å². The van der Waals surface area contributed by atoms with Gasteiger partial charge in [0.1, 0.15) is 0 Å². The number of pyridine rings is 1. The Morgan fingerprint density at radius 1 is 1.07 bits per heavy atom. The van der Waals surface area contributed by atoms with Crippen molar-refractivity contribution in [3.8, 4) is 11.3 Å². The molecule has 0 radical (unpaired) electrons. The van der Waals surface area contributed by atoms with Gasteiger partial charge < -0.3 is 5.32 Å². The molecule has 0 aliphatic heterocycles. The molecule has 2 aromatic carbocycles. The zero-order chi connectivity index (χ0) is 20.7. The summed E-state index contributed by atoms with van der Waals surface area (Å²) in [5.41, 5.74) is 2.77. The second kappa shape index (κ2) is 7.97. The molecule has 30 heavy (non-hydrogen) atoms. The van der Waals surface area contributed by atoms with Crippen molar-refractivity contribution in [2.24, 2.45) is 5.92 Å². The first kappa shape index (κ1) is 20.0. The molecule has 3 aliphatic carbocycles. The number of rotatable bonds is 3. The average molecular weight is 484 g/mol. The van der Waals surface area contributed by atoms with Gasteiger partial charge in [-0.05, 0) is 56.2 Å². The third kappa shape index (κ3) is 3.65. The van der Waals surface area contributed by atoms with Crippen molar-refractivity contribution < 1.29 is 4.79 Å². The standard InChI is InChI=1S/C25H24BrClN2O/c26-18-8-9-20-19(15-18)21(22(27)23(28-20)17-6-2-1-3-7-17)24(30)29-25-12-4-5-16(10-13-25)11-14-25/h1-3,6-9,15-16H,4-5,10-14H2,(H,29,30). The molecule has 3 aromatic rings. The van der Waals surface area contributed by atoms with Crippen LogP contribution < -0.4 is 5.32 Å². The number of aromatic nitrogens is 1. The molecular weight excluding hydrogens is 460 g/mol. The fraction of sp³-hybridized carbons (Fsp3) is 0.360. The summed E-state index contributed by atoms with van der Waals surface area (Å²) in [5.74, 6) is 0.756. The molecule has 6 rings (SSSR count). The number of benzene rings is 2. The smallest absolute Gasteiger partial charge is 0.253 e. The van der Waals surface area contributed by atoms with Crippen LogP contribution in [0.15, 0.2) is 53.0 Å². The minimum Gasteiger partial charge on any atom is -0.347 e. The number of amides is 1. The lowest BCUT2D eigenvalue weighted by Crippen LogP contribution is -2.49.